The van der Waals surface area contributed by atoms with E-state index in [-0.39, 0.29) is 23.7 Å². The van der Waals surface area contributed by atoms with Crippen molar-refractivity contribution < 1.29 is 28.3 Å². The molecule has 1 atom stereocenters. The quantitative estimate of drug-likeness (QED) is 0.521. The molecule has 1 aromatic heterocycles. The van der Waals surface area contributed by atoms with Crippen LogP contribution in [-0.4, -0.2) is 78.8 Å². The van der Waals surface area contributed by atoms with Crippen LogP contribution in [0.15, 0.2) is 22.7 Å². The van der Waals surface area contributed by atoms with Gasteiger partial charge in [-0.2, -0.15) is 4.98 Å². The summed E-state index contributed by atoms with van der Waals surface area (Å²) < 4.78 is 21.3. The minimum atomic E-state index is -0.204. The molecular formula is C25H34N4O6. The summed E-state index contributed by atoms with van der Waals surface area (Å²) in [5.74, 6) is 2.02. The molecule has 0 spiro atoms. The van der Waals surface area contributed by atoms with Gasteiger partial charge in [0.05, 0.1) is 33.3 Å². The Bertz CT molecular complexity index is 1020. The highest BCUT2D eigenvalue weighted by molar-refractivity contribution is 5.80. The molecule has 0 saturated carbocycles. The van der Waals surface area contributed by atoms with Gasteiger partial charge in [0.25, 0.3) is 0 Å². The van der Waals surface area contributed by atoms with Gasteiger partial charge in [0.1, 0.15) is 0 Å². The number of carbonyl (C=O) groups is 2. The summed E-state index contributed by atoms with van der Waals surface area (Å²) in [7, 11) is 3.18. The molecule has 0 radical (unpaired) electrons. The van der Waals surface area contributed by atoms with Crippen molar-refractivity contribution in [2.45, 2.75) is 39.2 Å². The zero-order chi connectivity index (χ0) is 24.8. The van der Waals surface area contributed by atoms with Crippen molar-refractivity contribution in [1.82, 2.24) is 19.9 Å². The van der Waals surface area contributed by atoms with Gasteiger partial charge in [-0.05, 0) is 63.9 Å². The molecular weight excluding hydrogens is 452 g/mol. The van der Waals surface area contributed by atoms with Crippen LogP contribution >= 0.6 is 0 Å². The highest BCUT2D eigenvalue weighted by atomic mass is 16.5. The topological polar surface area (TPSA) is 107 Å². The lowest BCUT2D eigenvalue weighted by Gasteiger charge is -2.37. The number of hydrogen-bond acceptors (Lipinski definition) is 9. The Morgan fingerprint density at radius 1 is 1.06 bits per heavy atom. The van der Waals surface area contributed by atoms with Crippen LogP contribution in [0.25, 0.3) is 11.4 Å². The number of likely N-dealkylation sites (tertiary alicyclic amines) is 2. The standard InChI is InChI=1S/C25H34N4O6/c1-4-34-25(31)19-6-5-11-29(15-19)24(30)17-9-12-28(13-10-17)16-22-26-23(27-35-22)18-7-8-20(32-2)21(14-18)33-3/h7-8,14,17,19H,4-6,9-13,15-16H2,1-3H3. The first-order valence-electron chi connectivity index (χ1n) is 12.2. The molecule has 2 aromatic rings. The third kappa shape index (κ3) is 5.93. The Morgan fingerprint density at radius 3 is 2.54 bits per heavy atom. The van der Waals surface area contributed by atoms with Crippen LogP contribution in [0.3, 0.4) is 0 Å². The number of amides is 1. The van der Waals surface area contributed by atoms with E-state index in [0.29, 0.717) is 42.9 Å². The Labute approximate surface area is 205 Å². The Hall–Kier alpha value is -3.14. The molecule has 0 N–H and O–H groups in total. The van der Waals surface area contributed by atoms with Crippen molar-refractivity contribution in [3.63, 3.8) is 0 Å². The number of aromatic nitrogens is 2. The zero-order valence-corrected chi connectivity index (χ0v) is 20.7. The van der Waals surface area contributed by atoms with Crippen LogP contribution in [0.4, 0.5) is 0 Å². The van der Waals surface area contributed by atoms with E-state index in [1.54, 1.807) is 14.2 Å². The van der Waals surface area contributed by atoms with E-state index in [1.807, 2.05) is 30.0 Å². The van der Waals surface area contributed by atoms with Crippen LogP contribution in [0.2, 0.25) is 0 Å². The van der Waals surface area contributed by atoms with E-state index < -0.39 is 0 Å². The number of carbonyl (C=O) groups excluding carboxylic acids is 2. The SMILES string of the molecule is CCOC(=O)C1CCCN(C(=O)C2CCN(Cc3nc(-c4ccc(OC)c(OC)c4)no3)CC2)C1. The minimum absolute atomic E-state index is 0.0165. The molecule has 10 nitrogen and oxygen atoms in total. The Kier molecular flexibility index (Phi) is 8.22. The van der Waals surface area contributed by atoms with Gasteiger partial charge in [-0.25, -0.2) is 0 Å². The van der Waals surface area contributed by atoms with Crippen molar-refractivity contribution in [1.29, 1.82) is 0 Å². The van der Waals surface area contributed by atoms with E-state index in [2.05, 4.69) is 15.0 Å². The smallest absolute Gasteiger partial charge is 0.310 e. The second kappa shape index (κ2) is 11.5. The number of methoxy groups -OCH3 is 2. The van der Waals surface area contributed by atoms with Gasteiger partial charge < -0.3 is 23.6 Å². The molecule has 2 fully saturated rings. The van der Waals surface area contributed by atoms with Gasteiger partial charge in [-0.1, -0.05) is 5.16 Å². The van der Waals surface area contributed by atoms with Gasteiger partial charge in [0, 0.05) is 24.6 Å². The molecule has 2 aliphatic heterocycles. The highest BCUT2D eigenvalue weighted by Gasteiger charge is 2.34. The molecule has 35 heavy (non-hydrogen) atoms. The Morgan fingerprint density at radius 2 is 1.83 bits per heavy atom. The van der Waals surface area contributed by atoms with Crippen LogP contribution in [0.1, 0.15) is 38.5 Å². The third-order valence-electron chi connectivity index (χ3n) is 6.76. The number of rotatable bonds is 8. The molecule has 0 bridgehead atoms. The number of nitrogens with zero attached hydrogens (tertiary/aromatic N) is 4. The van der Waals surface area contributed by atoms with Crippen molar-refractivity contribution in [2.24, 2.45) is 11.8 Å². The lowest BCUT2D eigenvalue weighted by molar-refractivity contribution is -0.152. The fourth-order valence-corrected chi connectivity index (χ4v) is 4.83. The maximum absolute atomic E-state index is 13.1. The van der Waals surface area contributed by atoms with Crippen LogP contribution in [-0.2, 0) is 20.9 Å². The van der Waals surface area contributed by atoms with Crippen LogP contribution < -0.4 is 9.47 Å². The van der Waals surface area contributed by atoms with Gasteiger partial charge in [-0.15, -0.1) is 0 Å². The fourth-order valence-electron chi connectivity index (χ4n) is 4.83. The molecule has 190 valence electrons. The molecule has 3 heterocycles. The highest BCUT2D eigenvalue weighted by Crippen LogP contribution is 2.31. The van der Waals surface area contributed by atoms with E-state index in [1.165, 1.54) is 0 Å². The van der Waals surface area contributed by atoms with Gasteiger partial charge >= 0.3 is 5.97 Å². The first-order chi connectivity index (χ1) is 17.0. The number of piperidine rings is 2. The van der Waals surface area contributed by atoms with Crippen LogP contribution in [0.5, 0.6) is 11.5 Å². The zero-order valence-electron chi connectivity index (χ0n) is 20.7. The number of hydrogen-bond donors (Lipinski definition) is 0. The van der Waals surface area contributed by atoms with Crippen LogP contribution in [0, 0.1) is 11.8 Å². The number of benzene rings is 1. The second-order valence-electron chi connectivity index (χ2n) is 9.01. The summed E-state index contributed by atoms with van der Waals surface area (Å²) in [6, 6.07) is 5.49. The van der Waals surface area contributed by atoms with Crippen molar-refractivity contribution in [3.8, 4) is 22.9 Å². The van der Waals surface area contributed by atoms with E-state index >= 15 is 0 Å². The Balaban J connectivity index is 1.29. The summed E-state index contributed by atoms with van der Waals surface area (Å²) in [6.07, 6.45) is 3.18. The van der Waals surface area contributed by atoms with Crippen molar-refractivity contribution in [2.75, 3.05) is 47.0 Å². The van der Waals surface area contributed by atoms with Gasteiger partial charge in [0.15, 0.2) is 11.5 Å². The number of ether oxygens (including phenoxy) is 3. The van der Waals surface area contributed by atoms with Crippen molar-refractivity contribution in [3.05, 3.63) is 24.1 Å². The van der Waals surface area contributed by atoms with E-state index in [0.717, 1.165) is 50.9 Å². The summed E-state index contributed by atoms with van der Waals surface area (Å²) in [6.45, 7) is 5.46. The monoisotopic (exact) mass is 486 g/mol. The predicted molar refractivity (Wildman–Crippen MR) is 127 cm³/mol. The molecule has 4 rings (SSSR count). The molecule has 0 aliphatic carbocycles. The molecule has 1 aromatic carbocycles. The summed E-state index contributed by atoms with van der Waals surface area (Å²) in [4.78, 5) is 33.8. The molecule has 1 amide bonds. The molecule has 10 heteroatoms. The number of esters is 1. The lowest BCUT2D eigenvalue weighted by atomic mass is 9.92. The first kappa shape index (κ1) is 25.0. The molecule has 1 unspecified atom stereocenters. The average Bonchev–Trinajstić information content (AvgIpc) is 3.37. The molecule has 2 saturated heterocycles. The third-order valence-corrected chi connectivity index (χ3v) is 6.76. The average molecular weight is 487 g/mol. The fraction of sp³-hybridized carbons (Fsp3) is 0.600. The summed E-state index contributed by atoms with van der Waals surface area (Å²) in [5, 5.41) is 4.11. The first-order valence-corrected chi connectivity index (χ1v) is 12.2. The van der Waals surface area contributed by atoms with Crippen molar-refractivity contribution >= 4 is 11.9 Å². The maximum atomic E-state index is 13.1. The second-order valence-corrected chi connectivity index (χ2v) is 9.01. The van der Waals surface area contributed by atoms with E-state index in [9.17, 15) is 9.59 Å². The predicted octanol–water partition coefficient (Wildman–Crippen LogP) is 2.77. The largest absolute Gasteiger partial charge is 0.493 e. The molecule has 2 aliphatic rings. The maximum Gasteiger partial charge on any atom is 0.310 e. The summed E-state index contributed by atoms with van der Waals surface area (Å²) >= 11 is 0. The van der Waals surface area contributed by atoms with Gasteiger partial charge in [-0.3, -0.25) is 14.5 Å². The van der Waals surface area contributed by atoms with Gasteiger partial charge in [0.2, 0.25) is 17.6 Å². The summed E-state index contributed by atoms with van der Waals surface area (Å²) in [5.41, 5.74) is 0.782. The van der Waals surface area contributed by atoms with E-state index in [4.69, 9.17) is 18.7 Å². The minimum Gasteiger partial charge on any atom is -0.493 e. The normalized spacial score (nSPS) is 19.4. The lowest BCUT2D eigenvalue weighted by Crippen LogP contribution is -2.47.